The third-order valence-electron chi connectivity index (χ3n) is 4.93. The molecule has 4 heterocycles. The summed E-state index contributed by atoms with van der Waals surface area (Å²) in [6.45, 7) is 7.75. The van der Waals surface area contributed by atoms with Crippen LogP contribution in [0.5, 0.6) is 0 Å². The first-order valence-electron chi connectivity index (χ1n) is 9.05. The van der Waals surface area contributed by atoms with Crippen molar-refractivity contribution in [2.45, 2.75) is 38.9 Å². The first-order valence-corrected chi connectivity index (χ1v) is 10.5. The molecule has 0 spiro atoms. The van der Waals surface area contributed by atoms with Crippen LogP contribution in [-0.4, -0.2) is 43.5 Å². The summed E-state index contributed by atoms with van der Waals surface area (Å²) in [6.07, 6.45) is 3.36. The molecule has 3 aromatic heterocycles. The van der Waals surface area contributed by atoms with Crippen LogP contribution in [0.3, 0.4) is 0 Å². The number of H-pyrrole nitrogens is 1. The van der Waals surface area contributed by atoms with Crippen molar-refractivity contribution < 1.29 is 4.79 Å². The molecule has 0 saturated heterocycles. The Morgan fingerprint density at radius 3 is 2.96 bits per heavy atom. The van der Waals surface area contributed by atoms with Crippen LogP contribution in [0.2, 0.25) is 0 Å². The van der Waals surface area contributed by atoms with Gasteiger partial charge in [0.05, 0.1) is 6.33 Å². The fraction of sp³-hybridized carbons (Fsp3) is 0.389. The molecule has 1 amide bonds. The highest BCUT2D eigenvalue weighted by Crippen LogP contribution is 2.25. The van der Waals surface area contributed by atoms with Gasteiger partial charge in [-0.25, -0.2) is 9.97 Å². The lowest BCUT2D eigenvalue weighted by atomic mass is 10.2. The molecular weight excluding hydrogens is 394 g/mol. The Labute approximate surface area is 172 Å². The summed E-state index contributed by atoms with van der Waals surface area (Å²) in [7, 11) is 0. The van der Waals surface area contributed by atoms with E-state index in [2.05, 4.69) is 69.6 Å². The number of hydrogen-bond donors (Lipinski definition) is 4. The highest BCUT2D eigenvalue weighted by Gasteiger charge is 2.31. The summed E-state index contributed by atoms with van der Waals surface area (Å²) >= 11 is 6.13. The molecule has 0 aliphatic carbocycles. The molecule has 10 heteroatoms. The molecule has 0 fully saturated rings. The lowest BCUT2D eigenvalue weighted by Gasteiger charge is -2.35. The van der Waals surface area contributed by atoms with Crippen molar-refractivity contribution >= 4 is 35.7 Å². The molecule has 1 aliphatic heterocycles. The molecular formula is C18H23N7OS2. The quantitative estimate of drug-likeness (QED) is 0.462. The summed E-state index contributed by atoms with van der Waals surface area (Å²) in [4.78, 5) is 25.6. The number of thiol groups is 1. The van der Waals surface area contributed by atoms with E-state index in [4.69, 9.17) is 0 Å². The van der Waals surface area contributed by atoms with Crippen molar-refractivity contribution in [2.24, 2.45) is 0 Å². The number of carbonyl (C=O) groups excluding carboxylic acids is 1. The molecule has 2 atom stereocenters. The first kappa shape index (κ1) is 19.0. The number of nitrogens with one attached hydrogen (secondary N) is 3. The van der Waals surface area contributed by atoms with Crippen LogP contribution in [0, 0.1) is 13.8 Å². The molecule has 28 heavy (non-hydrogen) atoms. The van der Waals surface area contributed by atoms with E-state index >= 15 is 0 Å². The number of aromatic amines is 1. The van der Waals surface area contributed by atoms with E-state index in [9.17, 15) is 4.79 Å². The minimum atomic E-state index is -0.400. The lowest BCUT2D eigenvalue weighted by molar-refractivity contribution is 0.0937. The van der Waals surface area contributed by atoms with Gasteiger partial charge in [0.25, 0.3) is 5.91 Å². The second-order valence-electron chi connectivity index (χ2n) is 6.93. The summed E-state index contributed by atoms with van der Waals surface area (Å²) in [5, 5.41) is 9.38. The third kappa shape index (κ3) is 3.43. The Morgan fingerprint density at radius 2 is 2.21 bits per heavy atom. The molecule has 148 valence electrons. The van der Waals surface area contributed by atoms with Crippen molar-refractivity contribution in [3.05, 3.63) is 46.6 Å². The van der Waals surface area contributed by atoms with Gasteiger partial charge < -0.3 is 20.5 Å². The topological polar surface area (TPSA) is 90.9 Å². The largest absolute Gasteiger partial charge is 0.339 e. The van der Waals surface area contributed by atoms with Gasteiger partial charge in [0.1, 0.15) is 11.2 Å². The average Bonchev–Trinajstić information content (AvgIpc) is 3.38. The van der Waals surface area contributed by atoms with Crippen molar-refractivity contribution in [3.63, 3.8) is 0 Å². The van der Waals surface area contributed by atoms with Crippen molar-refractivity contribution in [1.29, 1.82) is 0 Å². The van der Waals surface area contributed by atoms with Crippen LogP contribution in [0.25, 0.3) is 5.13 Å². The number of amides is 1. The predicted octanol–water partition coefficient (Wildman–Crippen LogP) is 2.22. The van der Waals surface area contributed by atoms with Gasteiger partial charge in [-0.1, -0.05) is 0 Å². The van der Waals surface area contributed by atoms with Gasteiger partial charge in [0, 0.05) is 42.1 Å². The maximum atomic E-state index is 12.0. The Bertz CT molecular complexity index is 978. The monoisotopic (exact) mass is 417 g/mol. The number of fused-ring (bicyclic) bond motifs is 1. The molecule has 0 radical (unpaired) electrons. The molecule has 4 rings (SSSR count). The SMILES string of the molecule is Cc1cc(CNC(C)CN2c3nc[nH]c3C(=O)NC2S)c(C)n1-c1nccs1. The van der Waals surface area contributed by atoms with E-state index < -0.39 is 5.50 Å². The van der Waals surface area contributed by atoms with Gasteiger partial charge in [-0.05, 0) is 32.4 Å². The molecule has 0 aromatic carbocycles. The predicted molar refractivity (Wildman–Crippen MR) is 113 cm³/mol. The van der Waals surface area contributed by atoms with Crippen LogP contribution in [0.15, 0.2) is 24.0 Å². The highest BCUT2D eigenvalue weighted by atomic mass is 32.1. The normalized spacial score (nSPS) is 17.5. The average molecular weight is 418 g/mol. The van der Waals surface area contributed by atoms with E-state index in [1.807, 2.05) is 16.5 Å². The molecule has 2 unspecified atom stereocenters. The second-order valence-corrected chi connectivity index (χ2v) is 8.29. The minimum Gasteiger partial charge on any atom is -0.339 e. The van der Waals surface area contributed by atoms with Crippen LogP contribution >= 0.6 is 24.0 Å². The lowest BCUT2D eigenvalue weighted by Crippen LogP contribution is -2.53. The molecule has 3 aromatic rings. The van der Waals surface area contributed by atoms with Gasteiger partial charge in [0.15, 0.2) is 10.9 Å². The fourth-order valence-electron chi connectivity index (χ4n) is 3.51. The number of rotatable bonds is 6. The summed E-state index contributed by atoms with van der Waals surface area (Å²) < 4.78 is 2.19. The van der Waals surface area contributed by atoms with E-state index in [1.54, 1.807) is 11.3 Å². The zero-order chi connectivity index (χ0) is 19.8. The van der Waals surface area contributed by atoms with Crippen molar-refractivity contribution in [3.8, 4) is 5.13 Å². The van der Waals surface area contributed by atoms with Crippen LogP contribution in [0.1, 0.15) is 34.4 Å². The number of imidazole rings is 1. The maximum Gasteiger partial charge on any atom is 0.273 e. The maximum absolute atomic E-state index is 12.0. The number of nitrogens with zero attached hydrogens (tertiary/aromatic N) is 4. The summed E-state index contributed by atoms with van der Waals surface area (Å²) in [6, 6.07) is 2.36. The standard InChI is InChI=1S/C18H23N7OS2/c1-10(8-24-15-14(21-9-22-15)16(26)23-17(24)27)20-7-13-6-11(2)25(12(13)3)18-19-4-5-28-18/h4-6,9-10,17,20,27H,7-8H2,1-3H3,(H,21,22)(H,23,26). The minimum absolute atomic E-state index is 0.164. The van der Waals surface area contributed by atoms with E-state index in [-0.39, 0.29) is 11.9 Å². The van der Waals surface area contributed by atoms with E-state index in [0.29, 0.717) is 18.1 Å². The number of hydrogen-bond acceptors (Lipinski definition) is 7. The fourth-order valence-corrected chi connectivity index (χ4v) is 4.59. The van der Waals surface area contributed by atoms with Crippen molar-refractivity contribution in [2.75, 3.05) is 11.4 Å². The van der Waals surface area contributed by atoms with Gasteiger partial charge in [0.2, 0.25) is 0 Å². The smallest absolute Gasteiger partial charge is 0.273 e. The molecule has 8 nitrogen and oxygen atoms in total. The number of aryl methyl sites for hydroxylation is 1. The van der Waals surface area contributed by atoms with Crippen LogP contribution < -0.4 is 15.5 Å². The van der Waals surface area contributed by atoms with E-state index in [0.717, 1.165) is 11.7 Å². The number of carbonyl (C=O) groups is 1. The Kier molecular flexibility index (Phi) is 5.17. The van der Waals surface area contributed by atoms with Gasteiger partial charge in [-0.2, -0.15) is 0 Å². The zero-order valence-electron chi connectivity index (χ0n) is 15.9. The van der Waals surface area contributed by atoms with E-state index in [1.165, 1.54) is 23.3 Å². The molecule has 0 saturated carbocycles. The van der Waals surface area contributed by atoms with Gasteiger partial charge in [-0.15, -0.1) is 24.0 Å². The molecule has 0 bridgehead atoms. The summed E-state index contributed by atoms with van der Waals surface area (Å²) in [5.41, 5.74) is 3.69. The number of anilines is 1. The Balaban J connectivity index is 1.43. The zero-order valence-corrected chi connectivity index (χ0v) is 17.6. The van der Waals surface area contributed by atoms with Gasteiger partial charge in [-0.3, -0.25) is 9.36 Å². The van der Waals surface area contributed by atoms with Crippen LogP contribution in [-0.2, 0) is 6.54 Å². The van der Waals surface area contributed by atoms with Crippen LogP contribution in [0.4, 0.5) is 5.82 Å². The summed E-state index contributed by atoms with van der Waals surface area (Å²) in [5.74, 6) is 0.457. The number of thiazole rings is 1. The third-order valence-corrected chi connectivity index (χ3v) is 6.10. The first-order chi connectivity index (χ1) is 13.5. The number of aromatic nitrogens is 4. The van der Waals surface area contributed by atoms with Gasteiger partial charge >= 0.3 is 0 Å². The highest BCUT2D eigenvalue weighted by molar-refractivity contribution is 7.81. The van der Waals surface area contributed by atoms with Crippen molar-refractivity contribution in [1.82, 2.24) is 30.2 Å². The molecule has 1 aliphatic rings. The Morgan fingerprint density at radius 1 is 1.39 bits per heavy atom. The second kappa shape index (κ2) is 7.61. The Hall–Kier alpha value is -2.30. The molecule has 3 N–H and O–H groups in total.